The van der Waals surface area contributed by atoms with Crippen LogP contribution in [-0.2, 0) is 9.59 Å². The van der Waals surface area contributed by atoms with Gasteiger partial charge in [0, 0.05) is 6.54 Å². The van der Waals surface area contributed by atoms with E-state index in [4.69, 9.17) is 0 Å². The number of rotatable bonds is 5. The SMILES string of the molecule is CCC(C)C1NC(=O)C(C)(C2CC2)N(CC2CCC2)C1=O. The first-order valence-corrected chi connectivity index (χ1v) is 8.60. The van der Waals surface area contributed by atoms with Crippen LogP contribution in [-0.4, -0.2) is 34.8 Å². The molecule has 3 rings (SSSR count). The molecule has 0 aromatic heterocycles. The average Bonchev–Trinajstić information content (AvgIpc) is 3.24. The number of hydrogen-bond donors (Lipinski definition) is 1. The summed E-state index contributed by atoms with van der Waals surface area (Å²) in [5.41, 5.74) is -0.601. The van der Waals surface area contributed by atoms with Crippen LogP contribution in [0, 0.1) is 17.8 Å². The van der Waals surface area contributed by atoms with E-state index < -0.39 is 5.54 Å². The van der Waals surface area contributed by atoms with E-state index in [0.717, 1.165) is 25.8 Å². The number of nitrogens with zero attached hydrogens (tertiary/aromatic N) is 1. The highest BCUT2D eigenvalue weighted by Crippen LogP contribution is 2.46. The Bertz CT molecular complexity index is 442. The number of amides is 2. The average molecular weight is 292 g/mol. The van der Waals surface area contributed by atoms with Crippen LogP contribution < -0.4 is 5.32 Å². The van der Waals surface area contributed by atoms with Crippen molar-refractivity contribution in [1.29, 1.82) is 0 Å². The smallest absolute Gasteiger partial charge is 0.246 e. The third-order valence-corrected chi connectivity index (χ3v) is 6.09. The molecule has 0 spiro atoms. The Balaban J connectivity index is 1.86. The van der Waals surface area contributed by atoms with Crippen LogP contribution in [0.15, 0.2) is 0 Å². The number of carbonyl (C=O) groups is 2. The van der Waals surface area contributed by atoms with Gasteiger partial charge in [0.05, 0.1) is 0 Å². The predicted molar refractivity (Wildman–Crippen MR) is 81.6 cm³/mol. The van der Waals surface area contributed by atoms with E-state index in [9.17, 15) is 9.59 Å². The highest BCUT2D eigenvalue weighted by molar-refractivity contribution is 6.00. The molecule has 2 saturated carbocycles. The Labute approximate surface area is 127 Å². The Hall–Kier alpha value is -1.06. The van der Waals surface area contributed by atoms with E-state index in [1.807, 2.05) is 11.8 Å². The lowest BCUT2D eigenvalue weighted by Gasteiger charge is -2.49. The largest absolute Gasteiger partial charge is 0.342 e. The van der Waals surface area contributed by atoms with Crippen LogP contribution in [0.2, 0.25) is 0 Å². The Morgan fingerprint density at radius 1 is 1.29 bits per heavy atom. The number of piperazine rings is 1. The minimum absolute atomic E-state index is 0.0780. The summed E-state index contributed by atoms with van der Waals surface area (Å²) in [5, 5.41) is 3.04. The van der Waals surface area contributed by atoms with Gasteiger partial charge in [0.1, 0.15) is 11.6 Å². The van der Waals surface area contributed by atoms with E-state index in [1.165, 1.54) is 19.3 Å². The van der Waals surface area contributed by atoms with Crippen LogP contribution in [0.3, 0.4) is 0 Å². The molecule has 118 valence electrons. The van der Waals surface area contributed by atoms with Crippen molar-refractivity contribution >= 4 is 11.8 Å². The lowest BCUT2D eigenvalue weighted by molar-refractivity contribution is -0.161. The van der Waals surface area contributed by atoms with E-state index in [2.05, 4.69) is 19.2 Å². The number of hydrogen-bond acceptors (Lipinski definition) is 2. The van der Waals surface area contributed by atoms with E-state index in [0.29, 0.717) is 11.8 Å². The topological polar surface area (TPSA) is 49.4 Å². The number of carbonyl (C=O) groups excluding carboxylic acids is 2. The minimum atomic E-state index is -0.601. The number of nitrogens with one attached hydrogen (secondary N) is 1. The van der Waals surface area contributed by atoms with Crippen molar-refractivity contribution in [3.63, 3.8) is 0 Å². The van der Waals surface area contributed by atoms with Gasteiger partial charge in [0.15, 0.2) is 0 Å². The Morgan fingerprint density at radius 2 is 1.95 bits per heavy atom. The highest BCUT2D eigenvalue weighted by atomic mass is 16.2. The standard InChI is InChI=1S/C17H28N2O2/c1-4-11(2)14-15(20)19(10-12-6-5-7-12)17(3,13-8-9-13)16(21)18-14/h11-14H,4-10H2,1-3H3,(H,18,21). The molecule has 1 heterocycles. The second-order valence-corrected chi connectivity index (χ2v) is 7.50. The quantitative estimate of drug-likeness (QED) is 0.845. The molecular formula is C17H28N2O2. The van der Waals surface area contributed by atoms with Gasteiger partial charge in [-0.1, -0.05) is 26.7 Å². The summed E-state index contributed by atoms with van der Waals surface area (Å²) in [6.07, 6.45) is 6.75. The van der Waals surface area contributed by atoms with Crippen molar-refractivity contribution in [1.82, 2.24) is 10.2 Å². The first kappa shape index (κ1) is 14.9. The summed E-state index contributed by atoms with van der Waals surface area (Å²) in [6, 6.07) is -0.325. The van der Waals surface area contributed by atoms with Crippen LogP contribution in [0.25, 0.3) is 0 Å². The zero-order chi connectivity index (χ0) is 15.2. The summed E-state index contributed by atoms with van der Waals surface area (Å²) in [7, 11) is 0. The van der Waals surface area contributed by atoms with Gasteiger partial charge in [0.2, 0.25) is 11.8 Å². The third-order valence-electron chi connectivity index (χ3n) is 6.09. The summed E-state index contributed by atoms with van der Waals surface area (Å²) < 4.78 is 0. The van der Waals surface area contributed by atoms with Crippen molar-refractivity contribution in [2.45, 2.75) is 70.9 Å². The lowest BCUT2D eigenvalue weighted by Crippen LogP contribution is -2.72. The Kier molecular flexibility index (Phi) is 3.74. The molecule has 3 unspecified atom stereocenters. The maximum Gasteiger partial charge on any atom is 0.246 e. The van der Waals surface area contributed by atoms with Crippen molar-refractivity contribution in [2.75, 3.05) is 6.54 Å². The fourth-order valence-corrected chi connectivity index (χ4v) is 3.75. The lowest BCUT2D eigenvalue weighted by atomic mass is 9.80. The van der Waals surface area contributed by atoms with Crippen molar-refractivity contribution in [2.24, 2.45) is 17.8 Å². The van der Waals surface area contributed by atoms with Crippen molar-refractivity contribution in [3.05, 3.63) is 0 Å². The van der Waals surface area contributed by atoms with Crippen LogP contribution in [0.5, 0.6) is 0 Å². The zero-order valence-corrected chi connectivity index (χ0v) is 13.5. The molecule has 3 atom stereocenters. The molecule has 21 heavy (non-hydrogen) atoms. The third kappa shape index (κ3) is 2.36. The maximum absolute atomic E-state index is 13.0. The minimum Gasteiger partial charge on any atom is -0.342 e. The Morgan fingerprint density at radius 3 is 2.43 bits per heavy atom. The van der Waals surface area contributed by atoms with Crippen molar-refractivity contribution in [3.8, 4) is 0 Å². The maximum atomic E-state index is 13.0. The van der Waals surface area contributed by atoms with Gasteiger partial charge in [-0.05, 0) is 50.4 Å². The molecule has 4 heteroatoms. The normalized spacial score (nSPS) is 35.4. The van der Waals surface area contributed by atoms with Gasteiger partial charge in [-0.25, -0.2) is 0 Å². The molecule has 1 N–H and O–H groups in total. The molecule has 4 nitrogen and oxygen atoms in total. The van der Waals surface area contributed by atoms with E-state index in [-0.39, 0.29) is 23.8 Å². The van der Waals surface area contributed by atoms with Gasteiger partial charge in [-0.3, -0.25) is 9.59 Å². The van der Waals surface area contributed by atoms with Gasteiger partial charge in [-0.2, -0.15) is 0 Å². The molecule has 0 radical (unpaired) electrons. The van der Waals surface area contributed by atoms with Gasteiger partial charge >= 0.3 is 0 Å². The van der Waals surface area contributed by atoms with Gasteiger partial charge in [-0.15, -0.1) is 0 Å². The molecule has 2 aliphatic carbocycles. The second-order valence-electron chi connectivity index (χ2n) is 7.50. The van der Waals surface area contributed by atoms with Crippen molar-refractivity contribution < 1.29 is 9.59 Å². The fraction of sp³-hybridized carbons (Fsp3) is 0.882. The molecule has 0 aromatic rings. The van der Waals surface area contributed by atoms with Crippen LogP contribution in [0.1, 0.15) is 59.3 Å². The summed E-state index contributed by atoms with van der Waals surface area (Å²) >= 11 is 0. The molecule has 0 aromatic carbocycles. The van der Waals surface area contributed by atoms with Crippen LogP contribution >= 0.6 is 0 Å². The van der Waals surface area contributed by atoms with Gasteiger partial charge < -0.3 is 10.2 Å². The second kappa shape index (κ2) is 5.29. The van der Waals surface area contributed by atoms with Gasteiger partial charge in [0.25, 0.3) is 0 Å². The summed E-state index contributed by atoms with van der Waals surface area (Å²) in [4.78, 5) is 27.7. The van der Waals surface area contributed by atoms with E-state index >= 15 is 0 Å². The zero-order valence-electron chi connectivity index (χ0n) is 13.5. The molecule has 3 fully saturated rings. The summed E-state index contributed by atoms with van der Waals surface area (Å²) in [5.74, 6) is 1.41. The molecule has 3 aliphatic rings. The van der Waals surface area contributed by atoms with E-state index in [1.54, 1.807) is 0 Å². The molecular weight excluding hydrogens is 264 g/mol. The highest BCUT2D eigenvalue weighted by Gasteiger charge is 2.57. The first-order valence-electron chi connectivity index (χ1n) is 8.60. The molecule has 1 saturated heterocycles. The fourth-order valence-electron chi connectivity index (χ4n) is 3.75. The summed E-state index contributed by atoms with van der Waals surface area (Å²) in [6.45, 7) is 6.91. The molecule has 0 bridgehead atoms. The molecule has 1 aliphatic heterocycles. The monoisotopic (exact) mass is 292 g/mol. The predicted octanol–water partition coefficient (Wildman–Crippen LogP) is 2.33. The first-order chi connectivity index (χ1) is 9.98. The van der Waals surface area contributed by atoms with Crippen LogP contribution in [0.4, 0.5) is 0 Å². The molecule has 2 amide bonds.